The van der Waals surface area contributed by atoms with Crippen LogP contribution in [0.25, 0.3) is 11.1 Å². The number of ether oxygens (including phenoxy) is 1. The van der Waals surface area contributed by atoms with Crippen molar-refractivity contribution in [3.63, 3.8) is 0 Å². The molecule has 3 aromatic rings. The quantitative estimate of drug-likeness (QED) is 0.351. The zero-order valence-corrected chi connectivity index (χ0v) is 24.2. The van der Waals surface area contributed by atoms with Gasteiger partial charge in [-0.1, -0.05) is 92.2 Å². The molecule has 1 heterocycles. The van der Waals surface area contributed by atoms with E-state index in [1.807, 2.05) is 73.5 Å². The minimum absolute atomic E-state index is 0.109. The fourth-order valence-corrected chi connectivity index (χ4v) is 6.35. The van der Waals surface area contributed by atoms with Gasteiger partial charge in [-0.2, -0.15) is 0 Å². The molecule has 0 bridgehead atoms. The lowest BCUT2D eigenvalue weighted by Crippen LogP contribution is -2.59. The summed E-state index contributed by atoms with van der Waals surface area (Å²) < 4.78 is 5.76. The number of aliphatic carboxylic acids is 1. The lowest BCUT2D eigenvalue weighted by Gasteiger charge is -2.39. The summed E-state index contributed by atoms with van der Waals surface area (Å²) in [7, 11) is 1.88. The van der Waals surface area contributed by atoms with Crippen LogP contribution in [0.15, 0.2) is 78.9 Å². The molecular formula is C34H39N3O5. The molecule has 0 aromatic heterocycles. The molecule has 1 saturated heterocycles. The third kappa shape index (κ3) is 6.49. The molecule has 2 N–H and O–H groups in total. The average molecular weight is 570 g/mol. The molecule has 1 fully saturated rings. The highest BCUT2D eigenvalue weighted by molar-refractivity contribution is 5.90. The van der Waals surface area contributed by atoms with Gasteiger partial charge in [-0.15, -0.1) is 0 Å². The predicted octanol–water partition coefficient (Wildman–Crippen LogP) is 5.13. The first kappa shape index (κ1) is 29.3. The van der Waals surface area contributed by atoms with Gasteiger partial charge in [0.25, 0.3) is 0 Å². The van der Waals surface area contributed by atoms with E-state index in [0.717, 1.165) is 40.7 Å². The molecule has 2 amide bonds. The summed E-state index contributed by atoms with van der Waals surface area (Å²) in [5, 5.41) is 12.8. The zero-order chi connectivity index (χ0) is 29.6. The van der Waals surface area contributed by atoms with Gasteiger partial charge in [0, 0.05) is 25.6 Å². The number of nitrogens with zero attached hydrogens (tertiary/aromatic N) is 2. The van der Waals surface area contributed by atoms with Crippen molar-refractivity contribution in [1.29, 1.82) is 0 Å². The Morgan fingerprint density at radius 3 is 2.21 bits per heavy atom. The molecule has 3 aromatic carbocycles. The van der Waals surface area contributed by atoms with Crippen molar-refractivity contribution in [3.8, 4) is 11.1 Å². The van der Waals surface area contributed by atoms with Gasteiger partial charge in [-0.3, -0.25) is 9.69 Å². The van der Waals surface area contributed by atoms with Crippen LogP contribution in [0.3, 0.4) is 0 Å². The fraction of sp³-hybridized carbons (Fsp3) is 0.382. The van der Waals surface area contributed by atoms with E-state index in [2.05, 4.69) is 29.6 Å². The number of carbonyl (C=O) groups is 3. The molecule has 8 heteroatoms. The maximum absolute atomic E-state index is 13.9. The molecule has 42 heavy (non-hydrogen) atoms. The number of fused-ring (bicyclic) bond motifs is 3. The summed E-state index contributed by atoms with van der Waals surface area (Å²) in [5.41, 5.74) is 5.54. The Balaban J connectivity index is 1.31. The number of benzene rings is 3. The number of carboxylic acids is 1. The first-order chi connectivity index (χ1) is 20.4. The number of hydrogen-bond donors (Lipinski definition) is 2. The lowest BCUT2D eigenvalue weighted by molar-refractivity contribution is -0.154. The number of amides is 2. The third-order valence-corrected chi connectivity index (χ3v) is 8.58. The van der Waals surface area contributed by atoms with Crippen molar-refractivity contribution in [2.75, 3.05) is 26.7 Å². The second-order valence-corrected chi connectivity index (χ2v) is 11.4. The molecule has 1 aliphatic heterocycles. The highest BCUT2D eigenvalue weighted by Crippen LogP contribution is 2.44. The molecule has 0 spiro atoms. The summed E-state index contributed by atoms with van der Waals surface area (Å²) >= 11 is 0. The van der Waals surface area contributed by atoms with Gasteiger partial charge in [0.05, 0.1) is 0 Å². The summed E-state index contributed by atoms with van der Waals surface area (Å²) in [6.07, 6.45) is 1.32. The summed E-state index contributed by atoms with van der Waals surface area (Å²) in [6, 6.07) is 24.2. The molecule has 2 aliphatic rings. The van der Waals surface area contributed by atoms with E-state index in [-0.39, 0.29) is 25.0 Å². The lowest BCUT2D eigenvalue weighted by atomic mass is 9.88. The van der Waals surface area contributed by atoms with Crippen molar-refractivity contribution in [3.05, 3.63) is 95.6 Å². The maximum atomic E-state index is 13.9. The number of carbonyl (C=O) groups excluding carboxylic acids is 2. The molecule has 3 unspecified atom stereocenters. The van der Waals surface area contributed by atoms with Crippen LogP contribution in [-0.4, -0.2) is 71.7 Å². The number of rotatable bonds is 10. The van der Waals surface area contributed by atoms with Crippen molar-refractivity contribution >= 4 is 18.0 Å². The van der Waals surface area contributed by atoms with Crippen molar-refractivity contribution in [2.24, 2.45) is 5.92 Å². The van der Waals surface area contributed by atoms with E-state index >= 15 is 0 Å². The molecule has 0 saturated carbocycles. The van der Waals surface area contributed by atoms with E-state index in [4.69, 9.17) is 4.74 Å². The normalized spacial score (nSPS) is 18.7. The van der Waals surface area contributed by atoms with Crippen LogP contribution < -0.4 is 5.32 Å². The highest BCUT2D eigenvalue weighted by atomic mass is 16.5. The highest BCUT2D eigenvalue weighted by Gasteiger charge is 2.39. The van der Waals surface area contributed by atoms with Gasteiger partial charge in [0.1, 0.15) is 18.7 Å². The third-order valence-electron chi connectivity index (χ3n) is 8.58. The summed E-state index contributed by atoms with van der Waals surface area (Å²) in [4.78, 5) is 42.7. The monoisotopic (exact) mass is 569 g/mol. The van der Waals surface area contributed by atoms with Crippen molar-refractivity contribution in [1.82, 2.24) is 15.1 Å². The van der Waals surface area contributed by atoms with Crippen LogP contribution in [0.5, 0.6) is 0 Å². The number of alkyl carbamates (subject to hydrolysis) is 1. The molecule has 0 radical (unpaired) electrons. The molecule has 8 nitrogen and oxygen atoms in total. The number of likely N-dealkylation sites (N-methyl/N-ethyl adjacent to an activating group) is 1. The average Bonchev–Trinajstić information content (AvgIpc) is 3.33. The number of nitrogens with one attached hydrogen (secondary N) is 1. The Bertz CT molecular complexity index is 1370. The van der Waals surface area contributed by atoms with Crippen molar-refractivity contribution < 1.29 is 24.2 Å². The Morgan fingerprint density at radius 1 is 0.976 bits per heavy atom. The Hall–Kier alpha value is -4.17. The molecule has 1 aliphatic carbocycles. The van der Waals surface area contributed by atoms with Gasteiger partial charge in [0.2, 0.25) is 5.91 Å². The largest absolute Gasteiger partial charge is 0.480 e. The molecule has 5 rings (SSSR count). The summed E-state index contributed by atoms with van der Waals surface area (Å²) in [6.45, 7) is 3.29. The van der Waals surface area contributed by atoms with Crippen LogP contribution >= 0.6 is 0 Å². The standard InChI is InChI=1S/C34H39N3O5/c1-3-23-17-18-37(31(19-23)33(39)40)32(38)30(21-36(2)20-24-11-5-4-6-12-24)35-34(41)42-22-29-27-15-9-7-13-25(27)26-14-8-10-16-28(26)29/h4-16,23,29-31H,3,17-22H2,1-2H3,(H,35,41)(H,39,40). The Kier molecular flexibility index (Phi) is 9.22. The van der Waals surface area contributed by atoms with Gasteiger partial charge in [-0.05, 0) is 53.6 Å². The first-order valence-corrected chi connectivity index (χ1v) is 14.7. The minimum Gasteiger partial charge on any atom is -0.480 e. The number of carboxylic acid groups (broad SMARTS) is 1. The predicted molar refractivity (Wildman–Crippen MR) is 161 cm³/mol. The van der Waals surface area contributed by atoms with Crippen LogP contribution in [0.4, 0.5) is 4.79 Å². The Labute approximate surface area is 247 Å². The number of hydrogen-bond acceptors (Lipinski definition) is 5. The smallest absolute Gasteiger partial charge is 0.407 e. The number of likely N-dealkylation sites (tertiary alicyclic amines) is 1. The van der Waals surface area contributed by atoms with Crippen molar-refractivity contribution in [2.45, 2.75) is 50.7 Å². The van der Waals surface area contributed by atoms with Gasteiger partial charge in [0.15, 0.2) is 0 Å². The van der Waals surface area contributed by atoms with Gasteiger partial charge < -0.3 is 20.1 Å². The van der Waals surface area contributed by atoms with E-state index in [0.29, 0.717) is 19.5 Å². The van der Waals surface area contributed by atoms with E-state index in [1.165, 1.54) is 4.90 Å². The van der Waals surface area contributed by atoms with E-state index in [9.17, 15) is 19.5 Å². The Morgan fingerprint density at radius 2 is 1.60 bits per heavy atom. The minimum atomic E-state index is -1.01. The summed E-state index contributed by atoms with van der Waals surface area (Å²) in [5.74, 6) is -1.27. The van der Waals surface area contributed by atoms with E-state index in [1.54, 1.807) is 0 Å². The second kappa shape index (κ2) is 13.2. The van der Waals surface area contributed by atoms with Crippen LogP contribution in [0.2, 0.25) is 0 Å². The fourth-order valence-electron chi connectivity index (χ4n) is 6.35. The topological polar surface area (TPSA) is 99.2 Å². The molecule has 3 atom stereocenters. The second-order valence-electron chi connectivity index (χ2n) is 11.4. The van der Waals surface area contributed by atoms with Crippen LogP contribution in [0.1, 0.15) is 48.8 Å². The molecular weight excluding hydrogens is 530 g/mol. The van der Waals surface area contributed by atoms with Crippen LogP contribution in [-0.2, 0) is 20.9 Å². The zero-order valence-electron chi connectivity index (χ0n) is 24.2. The first-order valence-electron chi connectivity index (χ1n) is 14.7. The van der Waals surface area contributed by atoms with Gasteiger partial charge >= 0.3 is 12.1 Å². The van der Waals surface area contributed by atoms with E-state index < -0.39 is 30.1 Å². The van der Waals surface area contributed by atoms with Crippen LogP contribution in [0, 0.1) is 5.92 Å². The SMILES string of the molecule is CCC1CCN(C(=O)C(CN(C)Cc2ccccc2)NC(=O)OCC2c3ccccc3-c3ccccc32)C(C(=O)O)C1. The van der Waals surface area contributed by atoms with Gasteiger partial charge in [-0.25, -0.2) is 9.59 Å². The molecule has 220 valence electrons. The number of piperidine rings is 1. The maximum Gasteiger partial charge on any atom is 0.407 e.